The Labute approximate surface area is 148 Å². The molecule has 3 aromatic heterocycles. The summed E-state index contributed by atoms with van der Waals surface area (Å²) in [6.45, 7) is 0.0588. The van der Waals surface area contributed by atoms with Crippen LogP contribution in [0.5, 0.6) is 0 Å². The molecule has 0 saturated heterocycles. The highest BCUT2D eigenvalue weighted by atomic mass is 16.5. The average Bonchev–Trinajstić information content (AvgIpc) is 3.34. The molecule has 0 unspecified atom stereocenters. The summed E-state index contributed by atoms with van der Waals surface area (Å²) in [6.07, 6.45) is 5.42. The first-order valence-corrected chi connectivity index (χ1v) is 8.50. The Morgan fingerprint density at radius 1 is 1.35 bits per heavy atom. The van der Waals surface area contributed by atoms with E-state index in [0.717, 1.165) is 36.9 Å². The minimum absolute atomic E-state index is 0.0588. The third-order valence-electron chi connectivity index (χ3n) is 4.59. The van der Waals surface area contributed by atoms with Gasteiger partial charge in [-0.15, -0.1) is 0 Å². The van der Waals surface area contributed by atoms with Crippen LogP contribution in [-0.4, -0.2) is 20.6 Å². The van der Waals surface area contributed by atoms with Gasteiger partial charge in [0, 0.05) is 12.7 Å². The Balaban J connectivity index is 1.50. The standard InChI is InChI=1S/C18H18N4O4/c1-22-13-6-3-2-5-11(13)9-12(18(22)24)16(23)19-10-15-20-17(26-21-15)14-7-4-8-25-14/h4,7-9H,2-3,5-6,10H2,1H3,(H,19,23). The van der Waals surface area contributed by atoms with Crippen LogP contribution >= 0.6 is 0 Å². The van der Waals surface area contributed by atoms with Crippen LogP contribution in [0.1, 0.15) is 40.3 Å². The number of aryl methyl sites for hydroxylation is 1. The Morgan fingerprint density at radius 2 is 2.19 bits per heavy atom. The van der Waals surface area contributed by atoms with E-state index >= 15 is 0 Å². The normalized spacial score (nSPS) is 13.4. The van der Waals surface area contributed by atoms with Gasteiger partial charge in [-0.2, -0.15) is 4.98 Å². The van der Waals surface area contributed by atoms with E-state index in [9.17, 15) is 9.59 Å². The van der Waals surface area contributed by atoms with E-state index < -0.39 is 5.91 Å². The zero-order chi connectivity index (χ0) is 18.1. The summed E-state index contributed by atoms with van der Waals surface area (Å²) < 4.78 is 11.9. The van der Waals surface area contributed by atoms with Crippen LogP contribution in [0.25, 0.3) is 11.7 Å². The molecule has 0 fully saturated rings. The van der Waals surface area contributed by atoms with Gasteiger partial charge in [0.25, 0.3) is 17.4 Å². The van der Waals surface area contributed by atoms with Crippen molar-refractivity contribution in [3.8, 4) is 11.7 Å². The summed E-state index contributed by atoms with van der Waals surface area (Å²) >= 11 is 0. The number of rotatable bonds is 4. The van der Waals surface area contributed by atoms with Crippen LogP contribution < -0.4 is 10.9 Å². The van der Waals surface area contributed by atoms with E-state index in [1.807, 2.05) is 0 Å². The molecule has 8 nitrogen and oxygen atoms in total. The Kier molecular flexibility index (Phi) is 4.16. The van der Waals surface area contributed by atoms with Crippen LogP contribution in [0.2, 0.25) is 0 Å². The highest BCUT2D eigenvalue weighted by Crippen LogP contribution is 2.20. The Morgan fingerprint density at radius 3 is 3.00 bits per heavy atom. The largest absolute Gasteiger partial charge is 0.459 e. The molecule has 26 heavy (non-hydrogen) atoms. The van der Waals surface area contributed by atoms with E-state index in [0.29, 0.717) is 11.6 Å². The molecular weight excluding hydrogens is 336 g/mol. The maximum atomic E-state index is 12.5. The van der Waals surface area contributed by atoms with E-state index in [1.165, 1.54) is 6.26 Å². The number of hydrogen-bond acceptors (Lipinski definition) is 6. The van der Waals surface area contributed by atoms with Gasteiger partial charge in [0.2, 0.25) is 0 Å². The molecule has 134 valence electrons. The number of nitrogens with one attached hydrogen (secondary N) is 1. The lowest BCUT2D eigenvalue weighted by Gasteiger charge is -2.19. The summed E-state index contributed by atoms with van der Waals surface area (Å²) in [5.41, 5.74) is 1.96. The summed E-state index contributed by atoms with van der Waals surface area (Å²) in [5, 5.41) is 6.48. The SMILES string of the molecule is Cn1c2c(cc(C(=O)NCc3noc(-c4ccco4)n3)c1=O)CCCC2. The molecular formula is C18H18N4O4. The van der Waals surface area contributed by atoms with Gasteiger partial charge in [0.1, 0.15) is 5.56 Å². The van der Waals surface area contributed by atoms with E-state index in [2.05, 4.69) is 15.5 Å². The lowest BCUT2D eigenvalue weighted by Crippen LogP contribution is -2.34. The molecule has 0 atom stereocenters. The number of hydrogen-bond donors (Lipinski definition) is 1. The molecule has 3 heterocycles. The van der Waals surface area contributed by atoms with Gasteiger partial charge in [-0.05, 0) is 49.4 Å². The van der Waals surface area contributed by atoms with Crippen molar-refractivity contribution >= 4 is 5.91 Å². The van der Waals surface area contributed by atoms with Crippen LogP contribution in [0.3, 0.4) is 0 Å². The van der Waals surface area contributed by atoms with E-state index in [-0.39, 0.29) is 23.6 Å². The molecule has 0 aromatic carbocycles. The van der Waals surface area contributed by atoms with Crippen molar-refractivity contribution in [3.63, 3.8) is 0 Å². The topological polar surface area (TPSA) is 103 Å². The number of pyridine rings is 1. The summed E-state index contributed by atoms with van der Waals surface area (Å²) in [7, 11) is 1.72. The third kappa shape index (κ3) is 2.94. The van der Waals surface area contributed by atoms with Gasteiger partial charge in [-0.1, -0.05) is 5.16 Å². The van der Waals surface area contributed by atoms with Crippen molar-refractivity contribution in [2.45, 2.75) is 32.2 Å². The molecule has 1 aliphatic rings. The molecule has 1 aliphatic carbocycles. The number of amides is 1. The minimum Gasteiger partial charge on any atom is -0.459 e. The van der Waals surface area contributed by atoms with E-state index in [4.69, 9.17) is 8.94 Å². The molecule has 4 rings (SSSR count). The second kappa shape index (κ2) is 6.62. The molecule has 0 bridgehead atoms. The maximum absolute atomic E-state index is 12.5. The fourth-order valence-electron chi connectivity index (χ4n) is 3.23. The van der Waals surface area contributed by atoms with Crippen molar-refractivity contribution in [1.82, 2.24) is 20.0 Å². The predicted molar refractivity (Wildman–Crippen MR) is 91.5 cm³/mol. The molecule has 8 heteroatoms. The monoisotopic (exact) mass is 354 g/mol. The number of nitrogens with zero attached hydrogens (tertiary/aromatic N) is 3. The average molecular weight is 354 g/mol. The summed E-state index contributed by atoms with van der Waals surface area (Å²) in [4.78, 5) is 29.1. The molecule has 0 saturated carbocycles. The highest BCUT2D eigenvalue weighted by Gasteiger charge is 2.20. The van der Waals surface area contributed by atoms with Crippen molar-refractivity contribution < 1.29 is 13.7 Å². The zero-order valence-electron chi connectivity index (χ0n) is 14.3. The zero-order valence-corrected chi connectivity index (χ0v) is 14.3. The van der Waals surface area contributed by atoms with E-state index in [1.54, 1.807) is 29.8 Å². The number of aromatic nitrogens is 3. The first kappa shape index (κ1) is 16.3. The van der Waals surface area contributed by atoms with Crippen molar-refractivity contribution in [1.29, 1.82) is 0 Å². The van der Waals surface area contributed by atoms with Crippen LogP contribution in [-0.2, 0) is 26.4 Å². The lowest BCUT2D eigenvalue weighted by atomic mass is 9.94. The highest BCUT2D eigenvalue weighted by molar-refractivity contribution is 5.94. The molecule has 3 aromatic rings. The number of carbonyl (C=O) groups is 1. The van der Waals surface area contributed by atoms with Gasteiger partial charge in [-0.3, -0.25) is 9.59 Å². The van der Waals surface area contributed by atoms with Crippen molar-refractivity contribution in [2.75, 3.05) is 0 Å². The second-order valence-corrected chi connectivity index (χ2v) is 6.28. The maximum Gasteiger partial charge on any atom is 0.293 e. The van der Waals surface area contributed by atoms with Gasteiger partial charge < -0.3 is 18.8 Å². The first-order chi connectivity index (χ1) is 12.6. The van der Waals surface area contributed by atoms with Crippen molar-refractivity contribution in [2.24, 2.45) is 7.05 Å². The molecule has 1 amide bonds. The summed E-state index contributed by atoms with van der Waals surface area (Å²) in [6, 6.07) is 5.14. The summed E-state index contributed by atoms with van der Waals surface area (Å²) in [5.74, 6) is 0.561. The second-order valence-electron chi connectivity index (χ2n) is 6.28. The van der Waals surface area contributed by atoms with Gasteiger partial charge in [-0.25, -0.2) is 0 Å². The number of furan rings is 1. The number of carbonyl (C=O) groups excluding carboxylic acids is 1. The number of fused-ring (bicyclic) bond motifs is 1. The fourth-order valence-corrected chi connectivity index (χ4v) is 3.23. The van der Waals surface area contributed by atoms with Gasteiger partial charge in [0.05, 0.1) is 12.8 Å². The predicted octanol–water partition coefficient (Wildman–Crippen LogP) is 1.84. The molecule has 0 radical (unpaired) electrons. The van der Waals surface area contributed by atoms with Crippen LogP contribution in [0.4, 0.5) is 0 Å². The quantitative estimate of drug-likeness (QED) is 0.767. The van der Waals surface area contributed by atoms with Crippen molar-refractivity contribution in [3.05, 3.63) is 57.5 Å². The van der Waals surface area contributed by atoms with Gasteiger partial charge in [0.15, 0.2) is 11.6 Å². The Bertz CT molecular complexity index is 1000. The third-order valence-corrected chi connectivity index (χ3v) is 4.59. The van der Waals surface area contributed by atoms with Crippen LogP contribution in [0.15, 0.2) is 38.2 Å². The Hall–Kier alpha value is -3.16. The van der Waals surface area contributed by atoms with Crippen LogP contribution in [0, 0.1) is 0 Å². The van der Waals surface area contributed by atoms with Gasteiger partial charge >= 0.3 is 0 Å². The smallest absolute Gasteiger partial charge is 0.293 e. The molecule has 1 N–H and O–H groups in total. The lowest BCUT2D eigenvalue weighted by molar-refractivity contribution is 0.0947. The minimum atomic E-state index is -0.441. The fraction of sp³-hybridized carbons (Fsp3) is 0.333. The molecule has 0 aliphatic heterocycles. The molecule has 0 spiro atoms. The first-order valence-electron chi connectivity index (χ1n) is 8.50.